The molecule has 21 heavy (non-hydrogen) atoms. The van der Waals surface area contributed by atoms with Crippen LogP contribution in [0.1, 0.15) is 20.7 Å². The van der Waals surface area contributed by atoms with Crippen molar-refractivity contribution in [2.75, 3.05) is 25.1 Å². The van der Waals surface area contributed by atoms with Gasteiger partial charge < -0.3 is 5.32 Å². The number of carbonyl (C=O) groups is 3. The largest absolute Gasteiger partial charge is 0.354 e. The smallest absolute Gasteiger partial charge is 0.262 e. The lowest BCUT2D eigenvalue weighted by Crippen LogP contribution is -2.41. The van der Waals surface area contributed by atoms with Gasteiger partial charge in [0.25, 0.3) is 11.8 Å². The molecule has 1 aromatic rings. The van der Waals surface area contributed by atoms with Gasteiger partial charge in [-0.3, -0.25) is 19.3 Å². The third-order valence-corrected chi connectivity index (χ3v) is 3.92. The minimum absolute atomic E-state index is 0.0547. The van der Waals surface area contributed by atoms with Gasteiger partial charge in [0.15, 0.2) is 0 Å². The van der Waals surface area contributed by atoms with Gasteiger partial charge >= 0.3 is 0 Å². The number of rotatable bonds is 5. The van der Waals surface area contributed by atoms with Crippen LogP contribution in [0.25, 0.3) is 0 Å². The number of benzene rings is 1. The highest BCUT2D eigenvalue weighted by Gasteiger charge is 2.36. The molecule has 2 rings (SSSR count). The first-order valence-corrected chi connectivity index (χ1v) is 8.25. The fourth-order valence-electron chi connectivity index (χ4n) is 1.96. The third kappa shape index (κ3) is 3.46. The summed E-state index contributed by atoms with van der Waals surface area (Å²) in [5.74, 6) is -1.81. The lowest BCUT2D eigenvalue weighted by molar-refractivity contribution is -0.121. The van der Waals surface area contributed by atoms with Gasteiger partial charge in [-0.25, -0.2) is 8.42 Å². The number of imide groups is 1. The maximum atomic E-state index is 12.0. The van der Waals surface area contributed by atoms with Crippen LogP contribution in [0, 0.1) is 0 Å². The lowest BCUT2D eigenvalue weighted by Gasteiger charge is -2.13. The molecule has 112 valence electrons. The molecular formula is C13H14N2O5S. The average molecular weight is 310 g/mol. The SMILES string of the molecule is CS(=O)(=O)CCNC(=O)CN1C(=O)c2ccccc2C1=O. The zero-order chi connectivity index (χ0) is 15.6. The number of fused-ring (bicyclic) bond motifs is 1. The molecule has 0 aromatic heterocycles. The van der Waals surface area contributed by atoms with E-state index in [-0.39, 0.29) is 23.4 Å². The molecule has 1 aliphatic heterocycles. The Morgan fingerprint density at radius 3 is 2.14 bits per heavy atom. The molecule has 1 aromatic carbocycles. The number of sulfone groups is 1. The molecule has 0 fully saturated rings. The molecule has 3 amide bonds. The molecule has 0 aliphatic carbocycles. The Balaban J connectivity index is 1.97. The molecule has 0 unspecified atom stereocenters. The second-order valence-electron chi connectivity index (χ2n) is 4.72. The average Bonchev–Trinajstić information content (AvgIpc) is 2.63. The third-order valence-electron chi connectivity index (χ3n) is 2.97. The predicted octanol–water partition coefficient (Wildman–Crippen LogP) is -0.557. The lowest BCUT2D eigenvalue weighted by atomic mass is 10.1. The molecule has 0 radical (unpaired) electrons. The summed E-state index contributed by atoms with van der Waals surface area (Å²) in [5, 5.41) is 2.37. The van der Waals surface area contributed by atoms with Crippen LogP contribution in [0.15, 0.2) is 24.3 Å². The normalized spacial score (nSPS) is 14.2. The highest BCUT2D eigenvalue weighted by Crippen LogP contribution is 2.21. The standard InChI is InChI=1S/C13H14N2O5S/c1-21(19,20)7-6-14-11(16)8-15-12(17)9-4-2-3-5-10(9)13(15)18/h2-5H,6-8H2,1H3,(H,14,16). The van der Waals surface area contributed by atoms with Crippen molar-refractivity contribution in [3.63, 3.8) is 0 Å². The van der Waals surface area contributed by atoms with Crippen LogP contribution in [0.3, 0.4) is 0 Å². The topological polar surface area (TPSA) is 101 Å². The first-order chi connectivity index (χ1) is 9.79. The van der Waals surface area contributed by atoms with E-state index in [1.807, 2.05) is 0 Å². The second-order valence-corrected chi connectivity index (χ2v) is 6.98. The first-order valence-electron chi connectivity index (χ1n) is 6.19. The molecule has 1 N–H and O–H groups in total. The summed E-state index contributed by atoms with van der Waals surface area (Å²) < 4.78 is 21.9. The number of nitrogens with one attached hydrogen (secondary N) is 1. The minimum Gasteiger partial charge on any atom is -0.354 e. The maximum absolute atomic E-state index is 12.0. The monoisotopic (exact) mass is 310 g/mol. The van der Waals surface area contributed by atoms with Crippen LogP contribution in [-0.2, 0) is 14.6 Å². The van der Waals surface area contributed by atoms with Gasteiger partial charge in [0.1, 0.15) is 16.4 Å². The summed E-state index contributed by atoms with van der Waals surface area (Å²) in [7, 11) is -3.17. The highest BCUT2D eigenvalue weighted by atomic mass is 32.2. The van der Waals surface area contributed by atoms with E-state index in [9.17, 15) is 22.8 Å². The number of amides is 3. The van der Waals surface area contributed by atoms with Crippen molar-refractivity contribution in [1.82, 2.24) is 10.2 Å². The van der Waals surface area contributed by atoms with E-state index in [2.05, 4.69) is 5.32 Å². The van der Waals surface area contributed by atoms with Gasteiger partial charge in [0, 0.05) is 12.8 Å². The van der Waals surface area contributed by atoms with Gasteiger partial charge in [0.2, 0.25) is 5.91 Å². The Hall–Kier alpha value is -2.22. The van der Waals surface area contributed by atoms with E-state index < -0.39 is 34.1 Å². The molecule has 0 bridgehead atoms. The van der Waals surface area contributed by atoms with Gasteiger partial charge in [-0.15, -0.1) is 0 Å². The summed E-state index contributed by atoms with van der Waals surface area (Å²) >= 11 is 0. The minimum atomic E-state index is -3.17. The Bertz CT molecular complexity index is 676. The first kappa shape index (κ1) is 15.2. The van der Waals surface area contributed by atoms with Crippen LogP contribution in [0.5, 0.6) is 0 Å². The fourth-order valence-corrected chi connectivity index (χ4v) is 2.43. The van der Waals surface area contributed by atoms with Gasteiger partial charge in [-0.1, -0.05) is 12.1 Å². The van der Waals surface area contributed by atoms with Crippen molar-refractivity contribution in [2.24, 2.45) is 0 Å². The maximum Gasteiger partial charge on any atom is 0.262 e. The van der Waals surface area contributed by atoms with Gasteiger partial charge in [-0.2, -0.15) is 0 Å². The van der Waals surface area contributed by atoms with Crippen molar-refractivity contribution in [1.29, 1.82) is 0 Å². The van der Waals surface area contributed by atoms with Crippen molar-refractivity contribution in [3.8, 4) is 0 Å². The van der Waals surface area contributed by atoms with E-state index in [0.29, 0.717) is 0 Å². The highest BCUT2D eigenvalue weighted by molar-refractivity contribution is 7.90. The van der Waals surface area contributed by atoms with E-state index >= 15 is 0 Å². The molecule has 0 saturated heterocycles. The van der Waals surface area contributed by atoms with Crippen molar-refractivity contribution in [2.45, 2.75) is 0 Å². The zero-order valence-electron chi connectivity index (χ0n) is 11.3. The van der Waals surface area contributed by atoms with Crippen LogP contribution < -0.4 is 5.32 Å². The van der Waals surface area contributed by atoms with Crippen molar-refractivity contribution in [3.05, 3.63) is 35.4 Å². The number of hydrogen-bond donors (Lipinski definition) is 1. The number of nitrogens with zero attached hydrogens (tertiary/aromatic N) is 1. The second kappa shape index (κ2) is 5.65. The zero-order valence-corrected chi connectivity index (χ0v) is 12.1. The Morgan fingerprint density at radius 1 is 1.14 bits per heavy atom. The van der Waals surface area contributed by atoms with Crippen LogP contribution in [0.4, 0.5) is 0 Å². The van der Waals surface area contributed by atoms with Crippen LogP contribution in [0.2, 0.25) is 0 Å². The van der Waals surface area contributed by atoms with Gasteiger partial charge in [0.05, 0.1) is 16.9 Å². The van der Waals surface area contributed by atoms with E-state index in [4.69, 9.17) is 0 Å². The van der Waals surface area contributed by atoms with E-state index in [1.165, 1.54) is 12.1 Å². The molecule has 1 heterocycles. The number of hydrogen-bond acceptors (Lipinski definition) is 5. The quantitative estimate of drug-likeness (QED) is 0.735. The summed E-state index contributed by atoms with van der Waals surface area (Å²) in [6, 6.07) is 6.33. The fraction of sp³-hybridized carbons (Fsp3) is 0.308. The Labute approximate surface area is 121 Å². The van der Waals surface area contributed by atoms with Crippen LogP contribution >= 0.6 is 0 Å². The number of carbonyl (C=O) groups excluding carboxylic acids is 3. The van der Waals surface area contributed by atoms with E-state index in [1.54, 1.807) is 12.1 Å². The molecule has 1 aliphatic rings. The van der Waals surface area contributed by atoms with Crippen LogP contribution in [-0.4, -0.2) is 56.1 Å². The Kier molecular flexibility index (Phi) is 4.08. The van der Waals surface area contributed by atoms with Crippen molar-refractivity contribution < 1.29 is 22.8 Å². The molecule has 0 spiro atoms. The summed E-state index contributed by atoms with van der Waals surface area (Å²) in [5.41, 5.74) is 0.540. The summed E-state index contributed by atoms with van der Waals surface area (Å²) in [4.78, 5) is 36.5. The summed E-state index contributed by atoms with van der Waals surface area (Å²) in [6.45, 7) is -0.475. The molecule has 0 atom stereocenters. The molecule has 7 nitrogen and oxygen atoms in total. The Morgan fingerprint density at radius 2 is 1.67 bits per heavy atom. The summed E-state index contributed by atoms with van der Waals surface area (Å²) in [6.07, 6.45) is 1.06. The van der Waals surface area contributed by atoms with E-state index in [0.717, 1.165) is 11.2 Å². The van der Waals surface area contributed by atoms with Crippen molar-refractivity contribution >= 4 is 27.6 Å². The molecular weight excluding hydrogens is 296 g/mol. The van der Waals surface area contributed by atoms with Gasteiger partial charge in [-0.05, 0) is 12.1 Å². The molecule has 0 saturated carbocycles. The molecule has 8 heteroatoms. The predicted molar refractivity (Wildman–Crippen MR) is 74.5 cm³/mol.